The standard InChI is InChI=1S/C15H12N4O2S/c1-2-6-10-8(5-17-12(6)14(20)21)18-7-3-4-9-13(11(7)10)19-15(16)22-9/h3-5,18H,2H2,1H3,(H2,16,19)(H,20,21). The maximum Gasteiger partial charge on any atom is 0.354 e. The van der Waals surface area contributed by atoms with Gasteiger partial charge < -0.3 is 15.8 Å². The molecule has 3 heterocycles. The van der Waals surface area contributed by atoms with Crippen molar-refractivity contribution >= 4 is 54.5 Å². The Morgan fingerprint density at radius 1 is 1.36 bits per heavy atom. The molecule has 0 saturated heterocycles. The summed E-state index contributed by atoms with van der Waals surface area (Å²) in [5, 5.41) is 11.7. The molecule has 6 nitrogen and oxygen atoms in total. The smallest absolute Gasteiger partial charge is 0.354 e. The SMILES string of the molecule is CCc1c(C(=O)O)ncc2[nH]c3ccc4sc(N)nc4c3c12. The van der Waals surface area contributed by atoms with Crippen molar-refractivity contribution in [1.82, 2.24) is 15.0 Å². The van der Waals surface area contributed by atoms with Gasteiger partial charge in [0.05, 0.1) is 21.9 Å². The molecule has 0 spiro atoms. The molecule has 4 aromatic rings. The molecule has 0 amide bonds. The number of carboxylic acid groups (broad SMARTS) is 1. The van der Waals surface area contributed by atoms with Gasteiger partial charge >= 0.3 is 5.97 Å². The van der Waals surface area contributed by atoms with Gasteiger partial charge in [-0.1, -0.05) is 18.3 Å². The fourth-order valence-electron chi connectivity index (χ4n) is 2.97. The number of rotatable bonds is 2. The summed E-state index contributed by atoms with van der Waals surface area (Å²) >= 11 is 1.42. The third kappa shape index (κ3) is 1.62. The molecule has 0 aliphatic rings. The minimum absolute atomic E-state index is 0.0936. The molecule has 4 rings (SSSR count). The van der Waals surface area contributed by atoms with E-state index in [9.17, 15) is 9.90 Å². The molecule has 4 N–H and O–H groups in total. The lowest BCUT2D eigenvalue weighted by molar-refractivity contribution is 0.0689. The van der Waals surface area contributed by atoms with Crippen LogP contribution in [0.3, 0.4) is 0 Å². The van der Waals surface area contributed by atoms with Gasteiger partial charge in [0, 0.05) is 16.3 Å². The molecule has 0 saturated carbocycles. The van der Waals surface area contributed by atoms with Gasteiger partial charge in [0.15, 0.2) is 10.8 Å². The maximum absolute atomic E-state index is 11.4. The molecule has 0 unspecified atom stereocenters. The van der Waals surface area contributed by atoms with Crippen molar-refractivity contribution < 1.29 is 9.90 Å². The van der Waals surface area contributed by atoms with Crippen LogP contribution in [-0.4, -0.2) is 26.0 Å². The number of hydrogen-bond donors (Lipinski definition) is 3. The predicted molar refractivity (Wildman–Crippen MR) is 87.5 cm³/mol. The number of aromatic nitrogens is 3. The Balaban J connectivity index is 2.29. The monoisotopic (exact) mass is 312 g/mol. The molecule has 0 aliphatic heterocycles. The van der Waals surface area contributed by atoms with Crippen LogP contribution in [0, 0.1) is 0 Å². The number of nitrogens with two attached hydrogens (primary N) is 1. The highest BCUT2D eigenvalue weighted by Crippen LogP contribution is 2.37. The van der Waals surface area contributed by atoms with Gasteiger partial charge in [-0.2, -0.15) is 0 Å². The lowest BCUT2D eigenvalue weighted by Gasteiger charge is -2.05. The molecular formula is C15H12N4O2S. The summed E-state index contributed by atoms with van der Waals surface area (Å²) < 4.78 is 0.988. The summed E-state index contributed by atoms with van der Waals surface area (Å²) in [5.74, 6) is -1.02. The van der Waals surface area contributed by atoms with Gasteiger partial charge in [-0.3, -0.25) is 0 Å². The minimum Gasteiger partial charge on any atom is -0.477 e. The number of aryl methyl sites for hydroxylation is 1. The van der Waals surface area contributed by atoms with E-state index in [1.54, 1.807) is 6.20 Å². The van der Waals surface area contributed by atoms with E-state index in [1.165, 1.54) is 11.3 Å². The zero-order chi connectivity index (χ0) is 15.4. The number of carbonyl (C=O) groups is 1. The second-order valence-corrected chi connectivity index (χ2v) is 6.11. The molecule has 3 aromatic heterocycles. The van der Waals surface area contributed by atoms with Gasteiger partial charge in [-0.05, 0) is 24.1 Å². The second kappa shape index (κ2) is 4.41. The molecular weight excluding hydrogens is 300 g/mol. The van der Waals surface area contributed by atoms with Crippen LogP contribution in [-0.2, 0) is 6.42 Å². The Morgan fingerprint density at radius 2 is 2.18 bits per heavy atom. The van der Waals surface area contributed by atoms with Gasteiger partial charge in [0.25, 0.3) is 0 Å². The largest absolute Gasteiger partial charge is 0.477 e. The number of nitrogens with zero attached hydrogens (tertiary/aromatic N) is 2. The summed E-state index contributed by atoms with van der Waals surface area (Å²) in [6, 6.07) is 3.94. The lowest BCUT2D eigenvalue weighted by atomic mass is 10.0. The first-order chi connectivity index (χ1) is 10.6. The number of aromatic amines is 1. The third-order valence-corrected chi connectivity index (χ3v) is 4.68. The number of H-pyrrole nitrogens is 1. The van der Waals surface area contributed by atoms with E-state index in [-0.39, 0.29) is 5.69 Å². The van der Waals surface area contributed by atoms with E-state index in [0.717, 1.165) is 37.6 Å². The highest BCUT2D eigenvalue weighted by atomic mass is 32.1. The number of pyridine rings is 1. The van der Waals surface area contributed by atoms with E-state index in [1.807, 2.05) is 19.1 Å². The van der Waals surface area contributed by atoms with Crippen molar-refractivity contribution in [3.8, 4) is 0 Å². The Hall–Kier alpha value is -2.67. The van der Waals surface area contributed by atoms with Gasteiger partial charge in [-0.15, -0.1) is 0 Å². The first kappa shape index (κ1) is 13.0. The zero-order valence-corrected chi connectivity index (χ0v) is 12.5. The van der Waals surface area contributed by atoms with E-state index in [2.05, 4.69) is 15.0 Å². The number of hydrogen-bond acceptors (Lipinski definition) is 5. The Bertz CT molecular complexity index is 1060. The highest BCUT2D eigenvalue weighted by Gasteiger charge is 2.19. The Labute approximate surface area is 128 Å². The van der Waals surface area contributed by atoms with Crippen molar-refractivity contribution in [3.05, 3.63) is 29.6 Å². The molecule has 0 fully saturated rings. The minimum atomic E-state index is -1.02. The van der Waals surface area contributed by atoms with Gasteiger partial charge in [0.2, 0.25) is 0 Å². The van der Waals surface area contributed by atoms with Crippen LogP contribution in [0.5, 0.6) is 0 Å². The van der Waals surface area contributed by atoms with E-state index in [0.29, 0.717) is 11.6 Å². The normalized spacial score (nSPS) is 11.7. The number of anilines is 1. The Morgan fingerprint density at radius 3 is 2.91 bits per heavy atom. The van der Waals surface area contributed by atoms with Crippen LogP contribution in [0.4, 0.5) is 5.13 Å². The summed E-state index contributed by atoms with van der Waals surface area (Å²) in [5.41, 5.74) is 9.18. The van der Waals surface area contributed by atoms with Crippen LogP contribution in [0.2, 0.25) is 0 Å². The average Bonchev–Trinajstić information content (AvgIpc) is 3.04. The number of carboxylic acids is 1. The molecule has 0 radical (unpaired) electrons. The Kier molecular flexibility index (Phi) is 2.61. The number of benzene rings is 1. The third-order valence-electron chi connectivity index (χ3n) is 3.83. The number of nitrogen functional groups attached to an aromatic ring is 1. The molecule has 1 aromatic carbocycles. The second-order valence-electron chi connectivity index (χ2n) is 5.04. The van der Waals surface area contributed by atoms with Crippen molar-refractivity contribution in [2.75, 3.05) is 5.73 Å². The number of thiazole rings is 1. The van der Waals surface area contributed by atoms with Crippen molar-refractivity contribution in [2.24, 2.45) is 0 Å². The van der Waals surface area contributed by atoms with Crippen LogP contribution in [0.25, 0.3) is 32.0 Å². The fraction of sp³-hybridized carbons (Fsp3) is 0.133. The van der Waals surface area contributed by atoms with Gasteiger partial charge in [0.1, 0.15) is 0 Å². The highest BCUT2D eigenvalue weighted by molar-refractivity contribution is 7.22. The van der Waals surface area contributed by atoms with Crippen molar-refractivity contribution in [2.45, 2.75) is 13.3 Å². The van der Waals surface area contributed by atoms with Crippen molar-refractivity contribution in [1.29, 1.82) is 0 Å². The average molecular weight is 312 g/mol. The lowest BCUT2D eigenvalue weighted by Crippen LogP contribution is -2.05. The molecule has 0 bridgehead atoms. The van der Waals surface area contributed by atoms with E-state index in [4.69, 9.17) is 5.73 Å². The van der Waals surface area contributed by atoms with Crippen molar-refractivity contribution in [3.63, 3.8) is 0 Å². The topological polar surface area (TPSA) is 105 Å². The first-order valence-corrected chi connectivity index (χ1v) is 7.63. The molecule has 7 heteroatoms. The zero-order valence-electron chi connectivity index (χ0n) is 11.7. The number of fused-ring (bicyclic) bond motifs is 5. The van der Waals surface area contributed by atoms with Crippen LogP contribution < -0.4 is 5.73 Å². The van der Waals surface area contributed by atoms with E-state index < -0.39 is 5.97 Å². The molecule has 110 valence electrons. The van der Waals surface area contributed by atoms with E-state index >= 15 is 0 Å². The molecule has 0 atom stereocenters. The summed E-state index contributed by atoms with van der Waals surface area (Å²) in [6.07, 6.45) is 2.15. The summed E-state index contributed by atoms with van der Waals surface area (Å²) in [7, 11) is 0. The first-order valence-electron chi connectivity index (χ1n) is 6.81. The van der Waals surface area contributed by atoms with Gasteiger partial charge in [-0.25, -0.2) is 14.8 Å². The van der Waals surface area contributed by atoms with Crippen LogP contribution >= 0.6 is 11.3 Å². The molecule has 22 heavy (non-hydrogen) atoms. The number of aromatic carboxylic acids is 1. The fourth-order valence-corrected chi connectivity index (χ4v) is 3.72. The molecule has 0 aliphatic carbocycles. The predicted octanol–water partition coefficient (Wildman–Crippen LogP) is 3.17. The van der Waals surface area contributed by atoms with Crippen LogP contribution in [0.15, 0.2) is 18.3 Å². The summed E-state index contributed by atoms with van der Waals surface area (Å²) in [4.78, 5) is 23.2. The summed E-state index contributed by atoms with van der Waals surface area (Å²) in [6.45, 7) is 1.93. The maximum atomic E-state index is 11.4. The van der Waals surface area contributed by atoms with Crippen LogP contribution in [0.1, 0.15) is 23.0 Å². The quantitative estimate of drug-likeness (QED) is 0.527. The number of nitrogens with one attached hydrogen (secondary N) is 1.